The van der Waals surface area contributed by atoms with Gasteiger partial charge in [-0.2, -0.15) is 0 Å². The van der Waals surface area contributed by atoms with E-state index in [4.69, 9.17) is 0 Å². The lowest BCUT2D eigenvalue weighted by Crippen LogP contribution is -2.29. The van der Waals surface area contributed by atoms with Crippen LogP contribution in [0.5, 0.6) is 0 Å². The van der Waals surface area contributed by atoms with Crippen LogP contribution >= 0.6 is 31.9 Å². The van der Waals surface area contributed by atoms with E-state index < -0.39 is 0 Å². The molecule has 0 amide bonds. The summed E-state index contributed by atoms with van der Waals surface area (Å²) in [6.07, 6.45) is 17.3. The van der Waals surface area contributed by atoms with E-state index in [-0.39, 0.29) is 5.41 Å². The van der Waals surface area contributed by atoms with Crippen molar-refractivity contribution in [2.24, 2.45) is 0 Å². The first-order valence-electron chi connectivity index (χ1n) is 12.7. The van der Waals surface area contributed by atoms with Crippen molar-refractivity contribution in [3.05, 3.63) is 58.1 Å². The van der Waals surface area contributed by atoms with Gasteiger partial charge in [0.2, 0.25) is 0 Å². The van der Waals surface area contributed by atoms with E-state index >= 15 is 0 Å². The van der Waals surface area contributed by atoms with E-state index in [1.54, 1.807) is 11.1 Å². The first-order chi connectivity index (χ1) is 15.1. The highest BCUT2D eigenvalue weighted by atomic mass is 79.9. The van der Waals surface area contributed by atoms with Gasteiger partial charge in [-0.05, 0) is 53.6 Å². The largest absolute Gasteiger partial charge is 0.0890 e. The van der Waals surface area contributed by atoms with Crippen molar-refractivity contribution in [2.45, 2.75) is 108 Å². The van der Waals surface area contributed by atoms with Crippen LogP contribution in [0, 0.1) is 0 Å². The molecule has 0 radical (unpaired) electrons. The van der Waals surface area contributed by atoms with Crippen LogP contribution in [0.15, 0.2) is 46.9 Å². The van der Waals surface area contributed by atoms with Crippen molar-refractivity contribution >= 4 is 31.9 Å². The molecule has 2 atom stereocenters. The number of hydrogen-bond acceptors (Lipinski definition) is 0. The van der Waals surface area contributed by atoms with Crippen molar-refractivity contribution in [3.8, 4) is 11.1 Å². The molecule has 0 aliphatic heterocycles. The van der Waals surface area contributed by atoms with Crippen LogP contribution in [0.1, 0.15) is 108 Å². The Morgan fingerprint density at radius 2 is 1.39 bits per heavy atom. The summed E-state index contributed by atoms with van der Waals surface area (Å²) in [5.41, 5.74) is 6.17. The Balaban J connectivity index is 1.85. The van der Waals surface area contributed by atoms with Crippen LogP contribution in [0.2, 0.25) is 0 Å². The summed E-state index contributed by atoms with van der Waals surface area (Å²) in [5, 5.41) is 0. The van der Waals surface area contributed by atoms with Crippen LogP contribution in [0.4, 0.5) is 0 Å². The standard InChI is InChI=1S/C29H40Br2/c1-3-5-7-9-10-14-20-29(22-24(31)15-11-8-6-4-2)27-17-13-12-16-25(27)26-19-18-23(30)21-28(26)29/h12-13,16-19,21,24H,3-11,14-15,20,22H2,1-2H3. The summed E-state index contributed by atoms with van der Waals surface area (Å²) in [6, 6.07) is 16.2. The molecule has 0 bridgehead atoms. The Kier molecular flexibility index (Phi) is 10.2. The molecule has 2 heteroatoms. The van der Waals surface area contributed by atoms with E-state index in [0.29, 0.717) is 4.83 Å². The summed E-state index contributed by atoms with van der Waals surface area (Å²) in [4.78, 5) is 0.572. The maximum absolute atomic E-state index is 4.13. The molecule has 0 spiro atoms. The van der Waals surface area contributed by atoms with E-state index in [1.807, 2.05) is 0 Å². The molecule has 0 aromatic heterocycles. The number of unbranched alkanes of at least 4 members (excludes halogenated alkanes) is 8. The quantitative estimate of drug-likeness (QED) is 0.163. The Labute approximate surface area is 207 Å². The maximum atomic E-state index is 4.13. The molecule has 1 aliphatic rings. The summed E-state index contributed by atoms with van der Waals surface area (Å²) in [7, 11) is 0. The van der Waals surface area contributed by atoms with Gasteiger partial charge in [0.25, 0.3) is 0 Å². The SMILES string of the molecule is CCCCCCCCC1(CC(Br)CCCCCC)c2ccccc2-c2ccc(Br)cc21. The monoisotopic (exact) mass is 546 g/mol. The average molecular weight is 548 g/mol. The molecular weight excluding hydrogens is 508 g/mol. The van der Waals surface area contributed by atoms with Gasteiger partial charge in [0.05, 0.1) is 0 Å². The lowest BCUT2D eigenvalue weighted by molar-refractivity contribution is 0.406. The van der Waals surface area contributed by atoms with Crippen molar-refractivity contribution in [1.29, 1.82) is 0 Å². The average Bonchev–Trinajstić information content (AvgIpc) is 3.03. The van der Waals surface area contributed by atoms with Crippen molar-refractivity contribution < 1.29 is 0 Å². The Morgan fingerprint density at radius 3 is 2.16 bits per heavy atom. The molecule has 1 aliphatic carbocycles. The molecule has 2 unspecified atom stereocenters. The summed E-state index contributed by atoms with van der Waals surface area (Å²) in [6.45, 7) is 4.60. The topological polar surface area (TPSA) is 0 Å². The molecule has 0 fully saturated rings. The zero-order valence-electron chi connectivity index (χ0n) is 19.6. The highest BCUT2D eigenvalue weighted by Crippen LogP contribution is 2.55. The smallest absolute Gasteiger partial charge is 0.0226 e. The molecule has 0 saturated carbocycles. The molecule has 2 aromatic carbocycles. The minimum Gasteiger partial charge on any atom is -0.0890 e. The predicted octanol–water partition coefficient (Wildman–Crippen LogP) is 10.6. The first-order valence-corrected chi connectivity index (χ1v) is 14.4. The summed E-state index contributed by atoms with van der Waals surface area (Å²) < 4.78 is 1.21. The number of halogens is 2. The van der Waals surface area contributed by atoms with Gasteiger partial charge in [-0.3, -0.25) is 0 Å². The van der Waals surface area contributed by atoms with Crippen LogP contribution in [0.3, 0.4) is 0 Å². The van der Waals surface area contributed by atoms with Crippen LogP contribution < -0.4 is 0 Å². The minimum atomic E-state index is 0.138. The maximum Gasteiger partial charge on any atom is 0.0226 e. The van der Waals surface area contributed by atoms with E-state index in [9.17, 15) is 0 Å². The highest BCUT2D eigenvalue weighted by Gasteiger charge is 2.43. The van der Waals surface area contributed by atoms with Gasteiger partial charge in [-0.1, -0.05) is 140 Å². The van der Waals surface area contributed by atoms with Crippen LogP contribution in [0.25, 0.3) is 11.1 Å². The van der Waals surface area contributed by atoms with Gasteiger partial charge in [0.1, 0.15) is 0 Å². The molecular formula is C29H40Br2. The number of hydrogen-bond donors (Lipinski definition) is 0. The van der Waals surface area contributed by atoms with E-state index in [1.165, 1.54) is 99.1 Å². The predicted molar refractivity (Wildman–Crippen MR) is 144 cm³/mol. The summed E-state index contributed by atoms with van der Waals surface area (Å²) >= 11 is 7.91. The minimum absolute atomic E-state index is 0.138. The number of fused-ring (bicyclic) bond motifs is 3. The molecule has 170 valence electrons. The van der Waals surface area contributed by atoms with Crippen molar-refractivity contribution in [2.75, 3.05) is 0 Å². The first kappa shape index (κ1) is 25.0. The molecule has 0 saturated heterocycles. The van der Waals surface area contributed by atoms with Gasteiger partial charge in [0.15, 0.2) is 0 Å². The fourth-order valence-electron chi connectivity index (χ4n) is 5.50. The van der Waals surface area contributed by atoms with Crippen molar-refractivity contribution in [1.82, 2.24) is 0 Å². The fraction of sp³-hybridized carbons (Fsp3) is 0.586. The lowest BCUT2D eigenvalue weighted by atomic mass is 9.70. The molecule has 2 aromatic rings. The van der Waals surface area contributed by atoms with Gasteiger partial charge in [-0.15, -0.1) is 0 Å². The Hall–Kier alpha value is -0.600. The van der Waals surface area contributed by atoms with Crippen LogP contribution in [-0.4, -0.2) is 4.83 Å². The van der Waals surface area contributed by atoms with Crippen LogP contribution in [-0.2, 0) is 5.41 Å². The molecule has 0 N–H and O–H groups in total. The lowest BCUT2D eigenvalue weighted by Gasteiger charge is -2.35. The van der Waals surface area contributed by atoms with Gasteiger partial charge >= 0.3 is 0 Å². The third-order valence-electron chi connectivity index (χ3n) is 7.13. The highest BCUT2D eigenvalue weighted by molar-refractivity contribution is 9.10. The van der Waals surface area contributed by atoms with Gasteiger partial charge in [0, 0.05) is 14.7 Å². The number of rotatable bonds is 14. The second-order valence-electron chi connectivity index (χ2n) is 9.49. The fourth-order valence-corrected chi connectivity index (χ4v) is 6.74. The Bertz CT molecular complexity index is 812. The number of alkyl halides is 1. The van der Waals surface area contributed by atoms with E-state index in [0.717, 1.165) is 0 Å². The van der Waals surface area contributed by atoms with Crippen molar-refractivity contribution in [3.63, 3.8) is 0 Å². The summed E-state index contributed by atoms with van der Waals surface area (Å²) in [5.74, 6) is 0. The zero-order chi connectivity index (χ0) is 22.1. The molecule has 3 rings (SSSR count). The normalized spacial score (nSPS) is 18.1. The second kappa shape index (κ2) is 12.6. The second-order valence-corrected chi connectivity index (χ2v) is 11.7. The molecule has 0 nitrogen and oxygen atoms in total. The van der Waals surface area contributed by atoms with E-state index in [2.05, 4.69) is 88.2 Å². The molecule has 0 heterocycles. The number of benzene rings is 2. The van der Waals surface area contributed by atoms with Gasteiger partial charge in [-0.25, -0.2) is 0 Å². The third-order valence-corrected chi connectivity index (χ3v) is 8.40. The van der Waals surface area contributed by atoms with Gasteiger partial charge < -0.3 is 0 Å². The zero-order valence-corrected chi connectivity index (χ0v) is 22.7. The Morgan fingerprint density at radius 1 is 0.742 bits per heavy atom. The third kappa shape index (κ3) is 6.26. The molecule has 31 heavy (non-hydrogen) atoms.